The van der Waals surface area contributed by atoms with Crippen LogP contribution in [0.4, 0.5) is 0 Å². The third-order valence-electron chi connectivity index (χ3n) is 4.28. The van der Waals surface area contributed by atoms with Gasteiger partial charge in [0.25, 0.3) is 0 Å². The van der Waals surface area contributed by atoms with E-state index >= 15 is 0 Å². The molecule has 1 unspecified atom stereocenters. The minimum absolute atomic E-state index is 0.0385. The van der Waals surface area contributed by atoms with Crippen LogP contribution in [0.1, 0.15) is 17.6 Å². The van der Waals surface area contributed by atoms with Crippen LogP contribution in [0, 0.1) is 0 Å². The summed E-state index contributed by atoms with van der Waals surface area (Å²) in [5, 5.41) is 4.72. The zero-order valence-electron chi connectivity index (χ0n) is 13.9. The molecule has 0 amide bonds. The van der Waals surface area contributed by atoms with Crippen LogP contribution in [0.5, 0.6) is 0 Å². The second-order valence-corrected chi connectivity index (χ2v) is 7.52. The van der Waals surface area contributed by atoms with Gasteiger partial charge >= 0.3 is 0 Å². The lowest BCUT2D eigenvalue weighted by molar-refractivity contribution is -0.0356. The number of rotatable bonds is 4. The Kier molecular flexibility index (Phi) is 5.36. The number of aromatic nitrogens is 2. The molecular weight excluding hydrogens is 418 g/mol. The van der Waals surface area contributed by atoms with Gasteiger partial charge in [-0.25, -0.2) is 0 Å². The molecule has 7 heteroatoms. The highest BCUT2D eigenvalue weighted by Gasteiger charge is 2.24. The van der Waals surface area contributed by atoms with E-state index in [0.717, 1.165) is 28.7 Å². The van der Waals surface area contributed by atoms with Crippen LogP contribution in [0.25, 0.3) is 11.4 Å². The predicted octanol–water partition coefficient (Wildman–Crippen LogP) is 4.73. The molecule has 1 aliphatic heterocycles. The van der Waals surface area contributed by atoms with Crippen LogP contribution in [-0.2, 0) is 11.3 Å². The Balaban J connectivity index is 1.44. The van der Waals surface area contributed by atoms with E-state index in [1.807, 2.05) is 36.4 Å². The maximum absolute atomic E-state index is 6.03. The highest BCUT2D eigenvalue weighted by molar-refractivity contribution is 9.10. The average molecular weight is 435 g/mol. The summed E-state index contributed by atoms with van der Waals surface area (Å²) in [5.41, 5.74) is 2.01. The molecule has 1 atom stereocenters. The molecule has 26 heavy (non-hydrogen) atoms. The first-order chi connectivity index (χ1) is 12.7. The van der Waals surface area contributed by atoms with E-state index in [1.165, 1.54) is 0 Å². The van der Waals surface area contributed by atoms with E-state index in [9.17, 15) is 0 Å². The fourth-order valence-corrected chi connectivity index (χ4v) is 3.62. The molecular formula is C19H17BrClN3O2. The summed E-state index contributed by atoms with van der Waals surface area (Å²) in [6, 6.07) is 15.7. The normalized spacial score (nSPS) is 18.2. The maximum Gasteiger partial charge on any atom is 0.241 e. The van der Waals surface area contributed by atoms with Gasteiger partial charge in [-0.3, -0.25) is 4.90 Å². The van der Waals surface area contributed by atoms with Gasteiger partial charge in [-0.15, -0.1) is 0 Å². The summed E-state index contributed by atoms with van der Waals surface area (Å²) in [6.45, 7) is 2.89. The fraction of sp³-hybridized carbons (Fsp3) is 0.263. The van der Waals surface area contributed by atoms with Crippen molar-refractivity contribution in [2.75, 3.05) is 19.7 Å². The Bertz CT molecular complexity index is 902. The van der Waals surface area contributed by atoms with Crippen molar-refractivity contribution < 1.29 is 9.26 Å². The van der Waals surface area contributed by atoms with Crippen LogP contribution >= 0.6 is 27.5 Å². The van der Waals surface area contributed by atoms with Crippen molar-refractivity contribution in [3.8, 4) is 11.4 Å². The molecule has 1 fully saturated rings. The van der Waals surface area contributed by atoms with Gasteiger partial charge in [0.2, 0.25) is 11.7 Å². The summed E-state index contributed by atoms with van der Waals surface area (Å²) in [6.07, 6.45) is 0.0385. The lowest BCUT2D eigenvalue weighted by Gasteiger charge is -2.32. The Labute approximate surface area is 165 Å². The van der Waals surface area contributed by atoms with E-state index < -0.39 is 0 Å². The highest BCUT2D eigenvalue weighted by atomic mass is 79.9. The number of halogens is 2. The van der Waals surface area contributed by atoms with Crippen molar-refractivity contribution in [3.63, 3.8) is 0 Å². The smallest absolute Gasteiger partial charge is 0.241 e. The second kappa shape index (κ2) is 7.88. The number of hydrogen-bond donors (Lipinski definition) is 0. The van der Waals surface area contributed by atoms with Gasteiger partial charge in [0.15, 0.2) is 0 Å². The van der Waals surface area contributed by atoms with Crippen molar-refractivity contribution in [1.29, 1.82) is 0 Å². The number of benzene rings is 2. The molecule has 5 nitrogen and oxygen atoms in total. The largest absolute Gasteiger partial charge is 0.371 e. The lowest BCUT2D eigenvalue weighted by atomic mass is 10.1. The van der Waals surface area contributed by atoms with E-state index in [0.29, 0.717) is 29.9 Å². The zero-order valence-corrected chi connectivity index (χ0v) is 16.3. The number of ether oxygens (including phenoxy) is 1. The summed E-state index contributed by atoms with van der Waals surface area (Å²) in [5.74, 6) is 1.15. The number of nitrogens with zero attached hydrogens (tertiary/aromatic N) is 3. The maximum atomic E-state index is 6.03. The van der Waals surface area contributed by atoms with Gasteiger partial charge in [-0.2, -0.15) is 4.98 Å². The van der Waals surface area contributed by atoms with Gasteiger partial charge in [0.1, 0.15) is 0 Å². The van der Waals surface area contributed by atoms with Gasteiger partial charge in [-0.05, 0) is 29.8 Å². The molecule has 2 aromatic carbocycles. The molecule has 134 valence electrons. The molecule has 0 radical (unpaired) electrons. The molecule has 0 aliphatic carbocycles. The molecule has 1 aromatic heterocycles. The monoisotopic (exact) mass is 433 g/mol. The molecule has 0 bridgehead atoms. The SMILES string of the molecule is Clc1cccc(-c2noc(CN3CCOC(c4cccc(Br)c4)C3)n2)c1. The molecule has 1 aliphatic rings. The van der Waals surface area contributed by atoms with Crippen LogP contribution in [0.15, 0.2) is 57.5 Å². The second-order valence-electron chi connectivity index (χ2n) is 6.17. The van der Waals surface area contributed by atoms with Crippen molar-refractivity contribution in [3.05, 3.63) is 69.5 Å². The van der Waals surface area contributed by atoms with Gasteiger partial charge < -0.3 is 9.26 Å². The van der Waals surface area contributed by atoms with Crippen molar-refractivity contribution in [1.82, 2.24) is 15.0 Å². The predicted molar refractivity (Wildman–Crippen MR) is 103 cm³/mol. The minimum atomic E-state index is 0.0385. The third kappa shape index (κ3) is 4.15. The standard InChI is InChI=1S/C19H17BrClN3O2/c20-15-5-1-3-13(9-15)17-11-24(7-8-25-17)12-18-22-19(23-26-18)14-4-2-6-16(21)10-14/h1-6,9-10,17H,7-8,11-12H2. The van der Waals surface area contributed by atoms with Crippen LogP contribution in [0.2, 0.25) is 5.02 Å². The van der Waals surface area contributed by atoms with Crippen LogP contribution in [-0.4, -0.2) is 34.7 Å². The van der Waals surface area contributed by atoms with Gasteiger partial charge in [-0.1, -0.05) is 57.0 Å². The van der Waals surface area contributed by atoms with Crippen molar-refractivity contribution >= 4 is 27.5 Å². The fourth-order valence-electron chi connectivity index (χ4n) is 3.01. The highest BCUT2D eigenvalue weighted by Crippen LogP contribution is 2.26. The first kappa shape index (κ1) is 17.7. The quantitative estimate of drug-likeness (QED) is 0.594. The molecule has 2 heterocycles. The lowest BCUT2D eigenvalue weighted by Crippen LogP contribution is -2.37. The molecule has 3 aromatic rings. The summed E-state index contributed by atoms with van der Waals surface area (Å²) >= 11 is 9.55. The molecule has 0 N–H and O–H groups in total. The van der Waals surface area contributed by atoms with Crippen LogP contribution < -0.4 is 0 Å². The van der Waals surface area contributed by atoms with Gasteiger partial charge in [0, 0.05) is 28.1 Å². The topological polar surface area (TPSA) is 51.4 Å². The van der Waals surface area contributed by atoms with Crippen molar-refractivity contribution in [2.24, 2.45) is 0 Å². The molecule has 4 rings (SSSR count). The van der Waals surface area contributed by atoms with Crippen LogP contribution in [0.3, 0.4) is 0 Å². The first-order valence-corrected chi connectivity index (χ1v) is 9.52. The number of hydrogen-bond acceptors (Lipinski definition) is 5. The van der Waals surface area contributed by atoms with Gasteiger partial charge in [0.05, 0.1) is 19.3 Å². The molecule has 0 spiro atoms. The molecule has 0 saturated carbocycles. The van der Waals surface area contributed by atoms with E-state index in [-0.39, 0.29) is 6.10 Å². The minimum Gasteiger partial charge on any atom is -0.371 e. The van der Waals surface area contributed by atoms with Crippen molar-refractivity contribution in [2.45, 2.75) is 12.6 Å². The zero-order chi connectivity index (χ0) is 17.9. The third-order valence-corrected chi connectivity index (χ3v) is 5.01. The Hall–Kier alpha value is -1.73. The number of morpholine rings is 1. The Morgan fingerprint density at radius 2 is 2.08 bits per heavy atom. The molecule has 1 saturated heterocycles. The Morgan fingerprint density at radius 3 is 2.92 bits per heavy atom. The summed E-state index contributed by atoms with van der Waals surface area (Å²) in [4.78, 5) is 6.77. The van der Waals surface area contributed by atoms with E-state index in [4.69, 9.17) is 20.9 Å². The first-order valence-electron chi connectivity index (χ1n) is 8.35. The Morgan fingerprint density at radius 1 is 1.19 bits per heavy atom. The van der Waals surface area contributed by atoms with E-state index in [1.54, 1.807) is 0 Å². The van der Waals surface area contributed by atoms with E-state index in [2.05, 4.69) is 43.1 Å². The average Bonchev–Trinajstić information content (AvgIpc) is 3.10. The summed E-state index contributed by atoms with van der Waals surface area (Å²) in [7, 11) is 0. The summed E-state index contributed by atoms with van der Waals surface area (Å²) < 4.78 is 12.4.